The zero-order valence-electron chi connectivity index (χ0n) is 18.6. The van der Waals surface area contributed by atoms with E-state index in [-0.39, 0.29) is 21.6 Å². The Morgan fingerprint density at radius 3 is 2.53 bits per heavy atom. The van der Waals surface area contributed by atoms with Crippen molar-refractivity contribution in [3.63, 3.8) is 0 Å². The molecule has 3 aromatic rings. The molecular formula is C22H22ClN5O5S. The van der Waals surface area contributed by atoms with Crippen LogP contribution in [0.4, 0.5) is 10.8 Å². The van der Waals surface area contributed by atoms with Crippen molar-refractivity contribution in [3.8, 4) is 16.3 Å². The monoisotopic (exact) mass is 503 g/mol. The molecule has 2 aromatic carbocycles. The number of carbonyl (C=O) groups is 2. The highest BCUT2D eigenvalue weighted by Crippen LogP contribution is 2.28. The Bertz CT molecular complexity index is 1200. The third-order valence-electron chi connectivity index (χ3n) is 5.18. The van der Waals surface area contributed by atoms with Crippen molar-refractivity contribution in [2.75, 3.05) is 12.4 Å². The molecule has 0 saturated heterocycles. The number of aromatic nitrogens is 2. The van der Waals surface area contributed by atoms with E-state index in [4.69, 9.17) is 16.3 Å². The Hall–Kier alpha value is -3.57. The lowest BCUT2D eigenvalue weighted by Crippen LogP contribution is -2.47. The number of ether oxygens (including phenoxy) is 1. The van der Waals surface area contributed by atoms with E-state index in [1.54, 1.807) is 19.2 Å². The fraction of sp³-hybridized carbons (Fsp3) is 0.273. The molecule has 0 bridgehead atoms. The lowest BCUT2D eigenvalue weighted by atomic mass is 9.98. The van der Waals surface area contributed by atoms with Gasteiger partial charge in [0.1, 0.15) is 21.8 Å². The van der Waals surface area contributed by atoms with Crippen LogP contribution in [0.2, 0.25) is 5.02 Å². The van der Waals surface area contributed by atoms with Crippen LogP contribution >= 0.6 is 22.9 Å². The summed E-state index contributed by atoms with van der Waals surface area (Å²) in [7, 11) is 1.58. The largest absolute Gasteiger partial charge is 0.497 e. The van der Waals surface area contributed by atoms with E-state index in [1.807, 2.05) is 26.0 Å². The number of benzene rings is 2. The number of nitrogens with zero attached hydrogens (tertiary/aromatic N) is 3. The molecule has 178 valence electrons. The Labute approximate surface area is 204 Å². The van der Waals surface area contributed by atoms with Gasteiger partial charge >= 0.3 is 0 Å². The maximum Gasteiger partial charge on any atom is 0.288 e. The molecule has 12 heteroatoms. The Kier molecular flexibility index (Phi) is 8.13. The fourth-order valence-electron chi connectivity index (χ4n) is 3.03. The standard InChI is InChI=1S/C22H22ClN5O5S/c1-4-12(2)18(24-19(29)14-7-10-16(23)17(11-14)28(31)32)20(30)25-22-27-26-21(34-22)13-5-8-15(33-3)9-6-13/h5-12,18H,4H2,1-3H3,(H,24,29)(H,25,27,30). The first kappa shape index (κ1) is 25.1. The van der Waals surface area contributed by atoms with Gasteiger partial charge in [0.05, 0.1) is 12.0 Å². The number of hydrogen-bond acceptors (Lipinski definition) is 8. The number of carbonyl (C=O) groups excluding carboxylic acids is 2. The predicted octanol–water partition coefficient (Wildman–Crippen LogP) is 4.56. The second-order valence-corrected chi connectivity index (χ2v) is 8.77. The van der Waals surface area contributed by atoms with Crippen LogP contribution in [0, 0.1) is 16.0 Å². The quantitative estimate of drug-likeness (QED) is 0.322. The van der Waals surface area contributed by atoms with Crippen LogP contribution in [0.3, 0.4) is 0 Å². The minimum absolute atomic E-state index is 0.0231. The van der Waals surface area contributed by atoms with E-state index in [1.165, 1.54) is 23.5 Å². The zero-order chi connectivity index (χ0) is 24.8. The summed E-state index contributed by atoms with van der Waals surface area (Å²) in [5.74, 6) is -0.611. The summed E-state index contributed by atoms with van der Waals surface area (Å²) >= 11 is 7.01. The topological polar surface area (TPSA) is 136 Å². The van der Waals surface area contributed by atoms with Gasteiger partial charge in [-0.1, -0.05) is 43.2 Å². The Morgan fingerprint density at radius 2 is 1.91 bits per heavy atom. The van der Waals surface area contributed by atoms with E-state index in [0.29, 0.717) is 17.2 Å². The summed E-state index contributed by atoms with van der Waals surface area (Å²) in [5.41, 5.74) is 0.448. The van der Waals surface area contributed by atoms with E-state index < -0.39 is 28.5 Å². The molecule has 1 aromatic heterocycles. The number of halogens is 1. The van der Waals surface area contributed by atoms with E-state index in [2.05, 4.69) is 20.8 Å². The van der Waals surface area contributed by atoms with E-state index in [0.717, 1.165) is 11.6 Å². The summed E-state index contributed by atoms with van der Waals surface area (Å²) in [6.07, 6.45) is 0.604. The number of methoxy groups -OCH3 is 1. The van der Waals surface area contributed by atoms with Crippen LogP contribution in [0.1, 0.15) is 30.6 Å². The van der Waals surface area contributed by atoms with Crippen LogP contribution in [-0.4, -0.2) is 40.1 Å². The minimum Gasteiger partial charge on any atom is -0.497 e. The maximum absolute atomic E-state index is 13.0. The highest BCUT2D eigenvalue weighted by Gasteiger charge is 2.28. The van der Waals surface area contributed by atoms with Crippen LogP contribution in [0.15, 0.2) is 42.5 Å². The molecule has 0 aliphatic rings. The van der Waals surface area contributed by atoms with Crippen LogP contribution in [0.25, 0.3) is 10.6 Å². The van der Waals surface area contributed by atoms with E-state index in [9.17, 15) is 19.7 Å². The molecule has 0 aliphatic heterocycles. The third-order valence-corrected chi connectivity index (χ3v) is 6.39. The molecule has 2 amide bonds. The van der Waals surface area contributed by atoms with Gasteiger partial charge in [-0.25, -0.2) is 0 Å². The third kappa shape index (κ3) is 5.86. The fourth-order valence-corrected chi connectivity index (χ4v) is 3.97. The molecule has 1 heterocycles. The second-order valence-electron chi connectivity index (χ2n) is 7.39. The van der Waals surface area contributed by atoms with Gasteiger partial charge in [-0.15, -0.1) is 10.2 Å². The first-order valence-electron chi connectivity index (χ1n) is 10.3. The SMILES string of the molecule is CCC(C)C(NC(=O)c1ccc(Cl)c([N+](=O)[O-])c1)C(=O)Nc1nnc(-c2ccc(OC)cc2)s1. The average molecular weight is 504 g/mol. The lowest BCUT2D eigenvalue weighted by Gasteiger charge is -2.23. The second kappa shape index (κ2) is 11.0. The van der Waals surface area contributed by atoms with Crippen molar-refractivity contribution >= 4 is 45.6 Å². The number of rotatable bonds is 9. The molecule has 3 rings (SSSR count). The molecular weight excluding hydrogens is 482 g/mol. The summed E-state index contributed by atoms with van der Waals surface area (Å²) < 4.78 is 5.15. The molecule has 0 saturated carbocycles. The van der Waals surface area contributed by atoms with Crippen molar-refractivity contribution in [3.05, 3.63) is 63.2 Å². The van der Waals surface area contributed by atoms with Crippen molar-refractivity contribution in [1.29, 1.82) is 0 Å². The van der Waals surface area contributed by atoms with Crippen LogP contribution < -0.4 is 15.4 Å². The van der Waals surface area contributed by atoms with Crippen molar-refractivity contribution in [2.24, 2.45) is 5.92 Å². The molecule has 10 nitrogen and oxygen atoms in total. The number of nitro groups is 1. The number of nitro benzene ring substituents is 1. The van der Waals surface area contributed by atoms with Gasteiger partial charge in [0, 0.05) is 17.2 Å². The highest BCUT2D eigenvalue weighted by atomic mass is 35.5. The predicted molar refractivity (Wildman–Crippen MR) is 129 cm³/mol. The molecule has 0 fully saturated rings. The van der Waals surface area contributed by atoms with Gasteiger partial charge in [0.25, 0.3) is 11.6 Å². The minimum atomic E-state index is -0.902. The molecule has 0 radical (unpaired) electrons. The van der Waals surface area contributed by atoms with Gasteiger partial charge in [-0.3, -0.25) is 25.0 Å². The molecule has 2 atom stereocenters. The molecule has 2 N–H and O–H groups in total. The van der Waals surface area contributed by atoms with Crippen molar-refractivity contribution in [1.82, 2.24) is 15.5 Å². The molecule has 0 aliphatic carbocycles. The molecule has 0 spiro atoms. The summed E-state index contributed by atoms with van der Waals surface area (Å²) in [5, 5.41) is 25.4. The van der Waals surface area contributed by atoms with Gasteiger partial charge in [0.2, 0.25) is 11.0 Å². The normalized spacial score (nSPS) is 12.5. The number of nitrogens with one attached hydrogen (secondary N) is 2. The lowest BCUT2D eigenvalue weighted by molar-refractivity contribution is -0.384. The van der Waals surface area contributed by atoms with Crippen molar-refractivity contribution < 1.29 is 19.2 Å². The first-order chi connectivity index (χ1) is 16.2. The number of hydrogen-bond donors (Lipinski definition) is 2. The zero-order valence-corrected chi connectivity index (χ0v) is 20.1. The van der Waals surface area contributed by atoms with Crippen LogP contribution in [-0.2, 0) is 4.79 Å². The van der Waals surface area contributed by atoms with Crippen molar-refractivity contribution in [2.45, 2.75) is 26.3 Å². The number of amides is 2. The van der Waals surface area contributed by atoms with Gasteiger partial charge in [0.15, 0.2) is 0 Å². The van der Waals surface area contributed by atoms with E-state index >= 15 is 0 Å². The summed E-state index contributed by atoms with van der Waals surface area (Å²) in [6, 6.07) is 10.1. The Balaban J connectivity index is 1.75. The first-order valence-corrected chi connectivity index (χ1v) is 11.5. The molecule has 34 heavy (non-hydrogen) atoms. The summed E-state index contributed by atoms with van der Waals surface area (Å²) in [4.78, 5) is 36.2. The van der Waals surface area contributed by atoms with Gasteiger partial charge in [-0.2, -0.15) is 0 Å². The van der Waals surface area contributed by atoms with Gasteiger partial charge < -0.3 is 10.1 Å². The average Bonchev–Trinajstić information content (AvgIpc) is 3.30. The number of anilines is 1. The van der Waals surface area contributed by atoms with Crippen LogP contribution in [0.5, 0.6) is 5.75 Å². The highest BCUT2D eigenvalue weighted by molar-refractivity contribution is 7.18. The molecule has 2 unspecified atom stereocenters. The maximum atomic E-state index is 13.0. The summed E-state index contributed by atoms with van der Waals surface area (Å²) in [6.45, 7) is 3.70. The Morgan fingerprint density at radius 1 is 1.21 bits per heavy atom. The smallest absolute Gasteiger partial charge is 0.288 e. The van der Waals surface area contributed by atoms with Gasteiger partial charge in [-0.05, 0) is 42.3 Å².